The summed E-state index contributed by atoms with van der Waals surface area (Å²) < 4.78 is 31.7. The van der Waals surface area contributed by atoms with E-state index in [9.17, 15) is 4.79 Å². The van der Waals surface area contributed by atoms with Crippen molar-refractivity contribution in [2.24, 2.45) is 5.41 Å². The number of nitrogens with one attached hydrogen (secondary N) is 1. The summed E-state index contributed by atoms with van der Waals surface area (Å²) >= 11 is 1.69. The Bertz CT molecular complexity index is 1480. The Morgan fingerprint density at radius 1 is 0.769 bits per heavy atom. The molecule has 0 saturated carbocycles. The molecule has 0 radical (unpaired) electrons. The minimum absolute atomic E-state index is 0.169. The van der Waals surface area contributed by atoms with Gasteiger partial charge in [0.1, 0.15) is 17.7 Å². The molecule has 0 aliphatic heterocycles. The number of alkyl carbamates (subject to hydrolysis) is 1. The van der Waals surface area contributed by atoms with Gasteiger partial charge in [0.2, 0.25) is 0 Å². The fraction of sp³-hybridized carbons (Fsp3) is 0.405. The molecule has 0 aliphatic rings. The molecule has 0 atom stereocenters. The average Bonchev–Trinajstić information content (AvgIpc) is 3.12. The zero-order chi connectivity index (χ0) is 37.7. The molecule has 4 rings (SSSR count). The van der Waals surface area contributed by atoms with E-state index >= 15 is 0 Å². The Balaban J connectivity index is 0.000000927. The zero-order valence-corrected chi connectivity index (χ0v) is 33.6. The molecule has 4 aromatic carbocycles. The van der Waals surface area contributed by atoms with Gasteiger partial charge in [-0.3, -0.25) is 0 Å². The van der Waals surface area contributed by atoms with Crippen LogP contribution in [0.5, 0.6) is 5.75 Å². The minimum atomic E-state index is -1.26. The second kappa shape index (κ2) is 23.3. The molecule has 0 bridgehead atoms. The van der Waals surface area contributed by atoms with E-state index in [4.69, 9.17) is 23.3 Å². The van der Waals surface area contributed by atoms with Gasteiger partial charge in [0, 0.05) is 29.9 Å². The standard InChI is InChI=1S/C35H49N2O6PS.C7H8/c1-34(2,3)43-33(38)36-22-13-23-37(45-32-20-18-31(39-6)19-21-32)26-35(4,5)27-40-28-44(41-24-29-14-9-7-10-15-29)42-25-30-16-11-8-12-17-30;1-7-5-3-2-4-6-7/h7-12,14-21H,13,22-28H2,1-6H3,(H,36,38);2-6H,1H3. The van der Waals surface area contributed by atoms with Gasteiger partial charge >= 0.3 is 6.09 Å². The van der Waals surface area contributed by atoms with Crippen LogP contribution in [0.25, 0.3) is 0 Å². The first kappa shape index (κ1) is 43.0. The fourth-order valence-corrected chi connectivity index (χ4v) is 6.95. The number of carbonyl (C=O) groups excluding carboxylic acids is 1. The number of hydrogen-bond donors (Lipinski definition) is 1. The third-order valence-electron chi connectivity index (χ3n) is 7.22. The Morgan fingerprint density at radius 2 is 1.31 bits per heavy atom. The predicted octanol–water partition coefficient (Wildman–Crippen LogP) is 10.7. The molecule has 0 unspecified atom stereocenters. The van der Waals surface area contributed by atoms with E-state index in [0.717, 1.165) is 41.3 Å². The minimum Gasteiger partial charge on any atom is -0.497 e. The van der Waals surface area contributed by atoms with Crippen LogP contribution in [-0.2, 0) is 31.7 Å². The largest absolute Gasteiger partial charge is 0.497 e. The number of aryl methyl sites for hydroxylation is 1. The Morgan fingerprint density at radius 3 is 1.79 bits per heavy atom. The fourth-order valence-electron chi connectivity index (χ4n) is 4.71. The number of benzene rings is 4. The first-order valence-electron chi connectivity index (χ1n) is 17.7. The van der Waals surface area contributed by atoms with Crippen LogP contribution in [0.1, 0.15) is 57.7 Å². The van der Waals surface area contributed by atoms with Crippen LogP contribution in [0.2, 0.25) is 0 Å². The molecule has 52 heavy (non-hydrogen) atoms. The van der Waals surface area contributed by atoms with Crippen molar-refractivity contribution in [1.82, 2.24) is 9.62 Å². The number of amides is 1. The van der Waals surface area contributed by atoms with Gasteiger partial charge in [-0.25, -0.2) is 9.10 Å². The molecule has 0 aromatic heterocycles. The van der Waals surface area contributed by atoms with Gasteiger partial charge in [0.25, 0.3) is 0 Å². The molecule has 0 aliphatic carbocycles. The van der Waals surface area contributed by atoms with Crippen LogP contribution in [0.3, 0.4) is 0 Å². The maximum Gasteiger partial charge on any atom is 0.407 e. The van der Waals surface area contributed by atoms with Crippen LogP contribution >= 0.6 is 20.3 Å². The number of ether oxygens (including phenoxy) is 3. The maximum atomic E-state index is 12.1. The van der Waals surface area contributed by atoms with Gasteiger partial charge in [0.05, 0.1) is 26.9 Å². The van der Waals surface area contributed by atoms with Gasteiger partial charge in [0.15, 0.2) is 8.38 Å². The van der Waals surface area contributed by atoms with Crippen molar-refractivity contribution in [2.75, 3.05) is 39.7 Å². The molecule has 0 spiro atoms. The van der Waals surface area contributed by atoms with Crippen molar-refractivity contribution in [2.45, 2.75) is 71.7 Å². The number of methoxy groups -OCH3 is 1. The molecular weight excluding hydrogens is 692 g/mol. The highest BCUT2D eigenvalue weighted by atomic mass is 32.2. The van der Waals surface area contributed by atoms with Crippen molar-refractivity contribution >= 4 is 26.4 Å². The van der Waals surface area contributed by atoms with E-state index in [1.165, 1.54) is 5.56 Å². The van der Waals surface area contributed by atoms with Crippen LogP contribution in [0.4, 0.5) is 4.79 Å². The molecule has 0 heterocycles. The number of carbonyl (C=O) groups is 1. The van der Waals surface area contributed by atoms with Crippen molar-refractivity contribution in [3.63, 3.8) is 0 Å². The third kappa shape index (κ3) is 19.4. The summed E-state index contributed by atoms with van der Waals surface area (Å²) in [5.41, 5.74) is 2.83. The summed E-state index contributed by atoms with van der Waals surface area (Å²) in [4.78, 5) is 13.2. The van der Waals surface area contributed by atoms with Gasteiger partial charge in [-0.15, -0.1) is 0 Å². The van der Waals surface area contributed by atoms with Crippen molar-refractivity contribution < 1.29 is 28.1 Å². The van der Waals surface area contributed by atoms with E-state index in [2.05, 4.69) is 54.7 Å². The smallest absolute Gasteiger partial charge is 0.407 e. The van der Waals surface area contributed by atoms with Crippen molar-refractivity contribution in [3.05, 3.63) is 132 Å². The van der Waals surface area contributed by atoms with Gasteiger partial charge < -0.3 is 28.6 Å². The Kier molecular flexibility index (Phi) is 19.2. The highest BCUT2D eigenvalue weighted by Crippen LogP contribution is 2.41. The first-order chi connectivity index (χ1) is 24.9. The Labute approximate surface area is 317 Å². The lowest BCUT2D eigenvalue weighted by Gasteiger charge is -2.32. The summed E-state index contributed by atoms with van der Waals surface area (Å²) in [6, 6.07) is 38.5. The topological polar surface area (TPSA) is 78.5 Å². The summed E-state index contributed by atoms with van der Waals surface area (Å²) in [6.45, 7) is 15.6. The van der Waals surface area contributed by atoms with Gasteiger partial charge in [-0.1, -0.05) is 110 Å². The van der Waals surface area contributed by atoms with E-state index in [1.807, 2.05) is 112 Å². The van der Waals surface area contributed by atoms with Gasteiger partial charge in [-0.2, -0.15) is 0 Å². The highest BCUT2D eigenvalue weighted by molar-refractivity contribution is 7.97. The summed E-state index contributed by atoms with van der Waals surface area (Å²) in [5, 5.41) is 2.87. The second-order valence-electron chi connectivity index (χ2n) is 14.1. The lowest BCUT2D eigenvalue weighted by Crippen LogP contribution is -2.36. The molecule has 1 amide bonds. The molecule has 0 saturated heterocycles. The molecular formula is C42H57N2O6PS. The molecule has 4 aromatic rings. The van der Waals surface area contributed by atoms with Crippen molar-refractivity contribution in [1.29, 1.82) is 0 Å². The molecule has 1 N–H and O–H groups in total. The van der Waals surface area contributed by atoms with Gasteiger partial charge in [-0.05, 0) is 81.5 Å². The van der Waals surface area contributed by atoms with E-state index < -0.39 is 20.1 Å². The van der Waals surface area contributed by atoms with E-state index in [-0.39, 0.29) is 5.41 Å². The SMILES string of the molecule is COc1ccc(SN(CCCNC(=O)OC(C)(C)C)CC(C)(C)COCP(OCc2ccccc2)OCc2ccccc2)cc1.Cc1ccccc1. The molecule has 8 nitrogen and oxygen atoms in total. The van der Waals surface area contributed by atoms with Crippen LogP contribution in [0, 0.1) is 12.3 Å². The second-order valence-corrected chi connectivity index (χ2v) is 16.7. The number of nitrogens with zero attached hydrogens (tertiary/aromatic N) is 1. The lowest BCUT2D eigenvalue weighted by atomic mass is 9.95. The quantitative estimate of drug-likeness (QED) is 0.0577. The Hall–Kier alpha value is -3.43. The van der Waals surface area contributed by atoms with E-state index in [0.29, 0.717) is 32.7 Å². The monoisotopic (exact) mass is 748 g/mol. The molecule has 10 heteroatoms. The van der Waals surface area contributed by atoms with Crippen LogP contribution in [-0.4, -0.2) is 55.7 Å². The molecule has 282 valence electrons. The summed E-state index contributed by atoms with van der Waals surface area (Å²) in [5.74, 6) is 0.821. The zero-order valence-electron chi connectivity index (χ0n) is 31.9. The van der Waals surface area contributed by atoms with Crippen LogP contribution in [0.15, 0.2) is 120 Å². The van der Waals surface area contributed by atoms with Crippen LogP contribution < -0.4 is 10.1 Å². The summed E-state index contributed by atoms with van der Waals surface area (Å²) in [6.07, 6.45) is 0.751. The predicted molar refractivity (Wildman–Crippen MR) is 214 cm³/mol. The average molecular weight is 749 g/mol. The third-order valence-corrected chi connectivity index (χ3v) is 9.50. The first-order valence-corrected chi connectivity index (χ1v) is 19.8. The number of rotatable bonds is 19. The van der Waals surface area contributed by atoms with E-state index in [1.54, 1.807) is 19.1 Å². The maximum absolute atomic E-state index is 12.1. The van der Waals surface area contributed by atoms with Crippen molar-refractivity contribution in [3.8, 4) is 5.75 Å². The molecule has 0 fully saturated rings. The normalized spacial score (nSPS) is 11.6. The summed E-state index contributed by atoms with van der Waals surface area (Å²) in [7, 11) is 0.407. The number of hydrogen-bond acceptors (Lipinski definition) is 8. The lowest BCUT2D eigenvalue weighted by molar-refractivity contribution is 0.0524. The highest BCUT2D eigenvalue weighted by Gasteiger charge is 2.25.